The molecule has 300 valence electrons. The molecule has 2 aliphatic rings. The largest absolute Gasteiger partial charge is 0.379 e. The molecule has 14 heteroatoms. The average Bonchev–Trinajstić information content (AvgIpc) is 3.42. The van der Waals surface area contributed by atoms with E-state index >= 15 is 0 Å². The molecular weight excluding hydrogens is 666 g/mol. The van der Waals surface area contributed by atoms with E-state index in [4.69, 9.17) is 20.9 Å². The van der Waals surface area contributed by atoms with E-state index in [0.717, 1.165) is 70.6 Å². The summed E-state index contributed by atoms with van der Waals surface area (Å²) in [6.07, 6.45) is 12.1. The maximum absolute atomic E-state index is 14.1. The van der Waals surface area contributed by atoms with Crippen molar-refractivity contribution < 1.29 is 33.4 Å². The Balaban J connectivity index is 2.52. The third kappa shape index (κ3) is 15.3. The zero-order valence-electron chi connectivity index (χ0n) is 32.7. The minimum atomic E-state index is -1.17. The van der Waals surface area contributed by atoms with Gasteiger partial charge in [0.2, 0.25) is 29.5 Å². The molecule has 0 spiro atoms. The number of nitrogens with two attached hydrogens (primary N) is 2. The highest BCUT2D eigenvalue weighted by atomic mass is 16.5. The summed E-state index contributed by atoms with van der Waals surface area (Å²) in [5, 5.41) is 11.5. The van der Waals surface area contributed by atoms with Crippen LogP contribution in [0.2, 0.25) is 0 Å². The van der Waals surface area contributed by atoms with Gasteiger partial charge in [0.15, 0.2) is 0 Å². The summed E-state index contributed by atoms with van der Waals surface area (Å²) in [6, 6.07) is -4.45. The van der Waals surface area contributed by atoms with Crippen LogP contribution in [0.4, 0.5) is 0 Å². The third-order valence-corrected chi connectivity index (χ3v) is 10.4. The van der Waals surface area contributed by atoms with Crippen molar-refractivity contribution in [1.29, 1.82) is 0 Å². The van der Waals surface area contributed by atoms with Crippen LogP contribution in [-0.2, 0) is 33.4 Å². The second kappa shape index (κ2) is 25.3. The maximum atomic E-state index is 14.1. The fraction of sp³-hybridized carbons (Fsp3) is 0.868. The first kappa shape index (κ1) is 45.3. The molecule has 7 atom stereocenters. The first-order chi connectivity index (χ1) is 25.0. The van der Waals surface area contributed by atoms with Crippen molar-refractivity contribution in [3.63, 3.8) is 0 Å². The number of nitrogens with one attached hydrogen (secondary N) is 4. The van der Waals surface area contributed by atoms with Crippen molar-refractivity contribution in [3.05, 3.63) is 0 Å². The van der Waals surface area contributed by atoms with Crippen molar-refractivity contribution in [2.24, 2.45) is 23.3 Å². The van der Waals surface area contributed by atoms with Crippen LogP contribution in [0.3, 0.4) is 0 Å². The van der Waals surface area contributed by atoms with Gasteiger partial charge in [0.05, 0.1) is 25.2 Å². The molecule has 1 saturated carbocycles. The Labute approximate surface area is 312 Å². The zero-order valence-corrected chi connectivity index (χ0v) is 32.7. The second-order valence-electron chi connectivity index (χ2n) is 14.8. The summed E-state index contributed by atoms with van der Waals surface area (Å²) < 4.78 is 12.1. The number of unbranched alkanes of at least 4 members (excludes halogenated alkanes) is 4. The van der Waals surface area contributed by atoms with E-state index in [2.05, 4.69) is 28.2 Å². The summed E-state index contributed by atoms with van der Waals surface area (Å²) in [5.41, 5.74) is 11.6. The van der Waals surface area contributed by atoms with Crippen molar-refractivity contribution in [3.8, 4) is 0 Å². The lowest BCUT2D eigenvalue weighted by Gasteiger charge is -2.34. The van der Waals surface area contributed by atoms with E-state index in [1.165, 1.54) is 4.90 Å². The van der Waals surface area contributed by atoms with Crippen LogP contribution in [0.5, 0.6) is 0 Å². The summed E-state index contributed by atoms with van der Waals surface area (Å²) in [6.45, 7) is 8.40. The lowest BCUT2D eigenvalue weighted by atomic mass is 9.90. The highest BCUT2D eigenvalue weighted by Crippen LogP contribution is 2.27. The molecule has 0 aromatic carbocycles. The van der Waals surface area contributed by atoms with Gasteiger partial charge in [-0.3, -0.25) is 24.0 Å². The molecule has 14 nitrogen and oxygen atoms in total. The van der Waals surface area contributed by atoms with Crippen LogP contribution in [0.1, 0.15) is 124 Å². The van der Waals surface area contributed by atoms with Gasteiger partial charge in [-0.15, -0.1) is 0 Å². The number of likely N-dealkylation sites (N-methyl/N-ethyl adjacent to an activating group) is 1. The number of rotatable bonds is 15. The van der Waals surface area contributed by atoms with Gasteiger partial charge >= 0.3 is 0 Å². The second-order valence-corrected chi connectivity index (χ2v) is 14.8. The quantitative estimate of drug-likeness (QED) is 0.108. The van der Waals surface area contributed by atoms with Gasteiger partial charge in [-0.2, -0.15) is 0 Å². The number of nitrogens with zero attached hydrogens (tertiary/aromatic N) is 1. The predicted molar refractivity (Wildman–Crippen MR) is 202 cm³/mol. The molecule has 0 bridgehead atoms. The van der Waals surface area contributed by atoms with E-state index in [-0.39, 0.29) is 31.6 Å². The van der Waals surface area contributed by atoms with Gasteiger partial charge in [-0.1, -0.05) is 78.6 Å². The van der Waals surface area contributed by atoms with Crippen LogP contribution in [-0.4, -0.2) is 111 Å². The highest BCUT2D eigenvalue weighted by molar-refractivity contribution is 5.96. The molecule has 1 heterocycles. The van der Waals surface area contributed by atoms with Gasteiger partial charge in [0.25, 0.3) is 0 Å². The topological polar surface area (TPSA) is 207 Å². The van der Waals surface area contributed by atoms with Crippen molar-refractivity contribution in [1.82, 2.24) is 26.2 Å². The molecule has 52 heavy (non-hydrogen) atoms. The molecule has 2 fully saturated rings. The average molecular weight is 738 g/mol. The highest BCUT2D eigenvalue weighted by Gasteiger charge is 2.38. The van der Waals surface area contributed by atoms with E-state index < -0.39 is 65.9 Å². The van der Waals surface area contributed by atoms with Crippen LogP contribution >= 0.6 is 0 Å². The first-order valence-corrected chi connectivity index (χ1v) is 20.1. The molecule has 1 aliphatic carbocycles. The van der Waals surface area contributed by atoms with Crippen LogP contribution < -0.4 is 32.7 Å². The summed E-state index contributed by atoms with van der Waals surface area (Å²) in [5.74, 6) is -2.98. The maximum Gasteiger partial charge on any atom is 0.245 e. The zero-order chi connectivity index (χ0) is 38.5. The SMILES string of the molecule is CCCCCC[C@H]1OC[C@@H](C)NC(=O)[C@H](COCCCCN)NC(=O)[C@H](CN)NC(=O)[C@H](C2CCCCCC2)NC(=O)[C@H](CCC)N(C)C(=O)[C@@H]1C. The Bertz CT molecular complexity index is 1090. The van der Waals surface area contributed by atoms with Crippen LogP contribution in [0.25, 0.3) is 0 Å². The van der Waals surface area contributed by atoms with Gasteiger partial charge < -0.3 is 47.1 Å². The molecule has 5 amide bonds. The fourth-order valence-electron chi connectivity index (χ4n) is 7.10. The molecule has 8 N–H and O–H groups in total. The Morgan fingerprint density at radius 1 is 0.750 bits per heavy atom. The Hall–Kier alpha value is -2.81. The molecule has 0 radical (unpaired) electrons. The van der Waals surface area contributed by atoms with Crippen molar-refractivity contribution in [2.45, 2.75) is 160 Å². The van der Waals surface area contributed by atoms with Crippen molar-refractivity contribution >= 4 is 29.5 Å². The lowest BCUT2D eigenvalue weighted by molar-refractivity contribution is -0.147. The third-order valence-electron chi connectivity index (χ3n) is 10.4. The predicted octanol–water partition coefficient (Wildman–Crippen LogP) is 2.26. The minimum absolute atomic E-state index is 0.0988. The molecule has 0 aromatic rings. The molecule has 1 aliphatic heterocycles. The minimum Gasteiger partial charge on any atom is -0.379 e. The smallest absolute Gasteiger partial charge is 0.245 e. The van der Waals surface area contributed by atoms with E-state index in [1.54, 1.807) is 14.0 Å². The van der Waals surface area contributed by atoms with E-state index in [9.17, 15) is 24.0 Å². The summed E-state index contributed by atoms with van der Waals surface area (Å²) in [7, 11) is 1.64. The Morgan fingerprint density at radius 2 is 1.42 bits per heavy atom. The van der Waals surface area contributed by atoms with Gasteiger partial charge in [0, 0.05) is 26.2 Å². The van der Waals surface area contributed by atoms with Crippen LogP contribution in [0.15, 0.2) is 0 Å². The normalized spacial score (nSPS) is 28.5. The summed E-state index contributed by atoms with van der Waals surface area (Å²) in [4.78, 5) is 71.0. The molecule has 1 saturated heterocycles. The first-order valence-electron chi connectivity index (χ1n) is 20.1. The lowest BCUT2D eigenvalue weighted by Crippen LogP contribution is -2.62. The Kier molecular flexibility index (Phi) is 22.0. The number of carbonyl (C=O) groups is 5. The summed E-state index contributed by atoms with van der Waals surface area (Å²) >= 11 is 0. The van der Waals surface area contributed by atoms with Crippen molar-refractivity contribution in [2.75, 3.05) is 40.0 Å². The molecule has 0 unspecified atom stereocenters. The number of ether oxygens (including phenoxy) is 2. The van der Waals surface area contributed by atoms with E-state index in [1.807, 2.05) is 13.8 Å². The van der Waals surface area contributed by atoms with E-state index in [0.29, 0.717) is 38.8 Å². The van der Waals surface area contributed by atoms with Gasteiger partial charge in [-0.25, -0.2) is 0 Å². The number of amides is 5. The molecular formula is C38H71N7O7. The van der Waals surface area contributed by atoms with Gasteiger partial charge in [-0.05, 0) is 57.9 Å². The number of carbonyl (C=O) groups excluding carboxylic acids is 5. The standard InChI is InChI=1S/C38H71N7O7/c1-6-8-9-14-20-32-27(4)38(50)45(5)31(17-7-2)36(48)44-33(28-18-12-10-11-13-19-28)37(49)42-29(23-40)34(46)43-30(25-51-22-16-15-21-39)35(47)41-26(3)24-52-32/h26-33H,6-25,39-40H2,1-5H3,(H,41,47)(H,42,49)(H,43,46)(H,44,48)/t26-,27-,29+,30+,31+,32-,33+/m1/s1. The number of hydrogen-bond acceptors (Lipinski definition) is 9. The van der Waals surface area contributed by atoms with Gasteiger partial charge in [0.1, 0.15) is 24.2 Å². The molecule has 0 aromatic heterocycles. The monoisotopic (exact) mass is 738 g/mol. The fourth-order valence-corrected chi connectivity index (χ4v) is 7.10. The number of hydrogen-bond donors (Lipinski definition) is 6. The Morgan fingerprint density at radius 3 is 2.06 bits per heavy atom. The molecule has 2 rings (SSSR count). The van der Waals surface area contributed by atoms with Crippen LogP contribution in [0, 0.1) is 11.8 Å².